The lowest BCUT2D eigenvalue weighted by molar-refractivity contribution is -0.141. The first-order valence-electron chi connectivity index (χ1n) is 7.28. The zero-order chi connectivity index (χ0) is 19.1. The number of nitrogens with zero attached hydrogens (tertiary/aromatic N) is 2. The molecule has 2 N–H and O–H groups in total. The summed E-state index contributed by atoms with van der Waals surface area (Å²) in [6.07, 6.45) is -9.47. The molecule has 1 heterocycles. The molecule has 0 aliphatic heterocycles. The molecule has 0 spiro atoms. The van der Waals surface area contributed by atoms with Crippen LogP contribution in [0.1, 0.15) is 11.3 Å². The van der Waals surface area contributed by atoms with E-state index in [1.165, 1.54) is 30.3 Å². The van der Waals surface area contributed by atoms with Gasteiger partial charge in [0.25, 0.3) is 0 Å². The van der Waals surface area contributed by atoms with Crippen molar-refractivity contribution >= 4 is 5.82 Å². The Morgan fingerprint density at radius 1 is 0.808 bits per heavy atom. The van der Waals surface area contributed by atoms with E-state index in [2.05, 4.69) is 5.10 Å². The fraction of sp³-hybridized carbons (Fsp3) is 0.118. The van der Waals surface area contributed by atoms with Gasteiger partial charge in [-0.25, -0.2) is 4.68 Å². The Balaban J connectivity index is 2.24. The van der Waals surface area contributed by atoms with E-state index in [0.29, 0.717) is 10.7 Å². The Labute approximate surface area is 143 Å². The van der Waals surface area contributed by atoms with Gasteiger partial charge in [0.2, 0.25) is 0 Å². The van der Waals surface area contributed by atoms with Crippen LogP contribution in [0.3, 0.4) is 0 Å². The van der Waals surface area contributed by atoms with Crippen LogP contribution in [-0.4, -0.2) is 9.78 Å². The van der Waals surface area contributed by atoms with E-state index < -0.39 is 29.4 Å². The van der Waals surface area contributed by atoms with E-state index in [-0.39, 0.29) is 16.8 Å². The molecular weight excluding hydrogens is 360 g/mol. The third kappa shape index (κ3) is 3.24. The Morgan fingerprint density at radius 2 is 1.46 bits per heavy atom. The van der Waals surface area contributed by atoms with Crippen molar-refractivity contribution in [1.29, 1.82) is 0 Å². The van der Waals surface area contributed by atoms with E-state index in [9.17, 15) is 26.3 Å². The summed E-state index contributed by atoms with van der Waals surface area (Å²) >= 11 is 0. The molecule has 0 saturated heterocycles. The van der Waals surface area contributed by atoms with Crippen LogP contribution in [0.15, 0.2) is 54.6 Å². The molecule has 26 heavy (non-hydrogen) atoms. The molecule has 0 aliphatic rings. The minimum atomic E-state index is -4.83. The lowest BCUT2D eigenvalue weighted by Gasteiger charge is -2.10. The summed E-state index contributed by atoms with van der Waals surface area (Å²) in [5, 5.41) is 3.45. The van der Waals surface area contributed by atoms with Crippen LogP contribution in [0, 0.1) is 0 Å². The van der Waals surface area contributed by atoms with Crippen LogP contribution in [0.5, 0.6) is 0 Å². The van der Waals surface area contributed by atoms with Gasteiger partial charge in [0, 0.05) is 0 Å². The van der Waals surface area contributed by atoms with E-state index in [4.69, 9.17) is 5.73 Å². The molecular formula is C17H11F6N3. The van der Waals surface area contributed by atoms with Crippen LogP contribution < -0.4 is 5.73 Å². The summed E-state index contributed by atoms with van der Waals surface area (Å²) in [6, 6.07) is 11.3. The molecule has 0 aliphatic carbocycles. The Hall–Kier alpha value is -2.97. The van der Waals surface area contributed by atoms with Crippen LogP contribution in [0.25, 0.3) is 16.8 Å². The number of aromatic nitrogens is 2. The Kier molecular flexibility index (Phi) is 4.17. The predicted molar refractivity (Wildman–Crippen MR) is 83.4 cm³/mol. The average molecular weight is 371 g/mol. The Morgan fingerprint density at radius 3 is 2.04 bits per heavy atom. The predicted octanol–water partition coefficient (Wildman–Crippen LogP) is 5.16. The maximum absolute atomic E-state index is 13.4. The molecule has 3 nitrogen and oxygen atoms in total. The molecule has 0 bridgehead atoms. The van der Waals surface area contributed by atoms with Crippen LogP contribution in [0.4, 0.5) is 32.2 Å². The highest BCUT2D eigenvalue weighted by molar-refractivity contribution is 5.78. The number of benzene rings is 2. The van der Waals surface area contributed by atoms with Gasteiger partial charge < -0.3 is 5.73 Å². The third-order valence-corrected chi connectivity index (χ3v) is 3.67. The van der Waals surface area contributed by atoms with Crippen molar-refractivity contribution in [2.75, 3.05) is 5.73 Å². The fourth-order valence-electron chi connectivity index (χ4n) is 2.53. The van der Waals surface area contributed by atoms with Crippen molar-refractivity contribution in [2.45, 2.75) is 12.4 Å². The molecule has 9 heteroatoms. The van der Waals surface area contributed by atoms with Gasteiger partial charge in [-0.2, -0.15) is 31.4 Å². The molecule has 0 saturated carbocycles. The SMILES string of the molecule is Nc1c(-c2ccccc2)c(C(F)(F)F)nn1-c1cccc(C(F)(F)F)c1. The van der Waals surface area contributed by atoms with Gasteiger partial charge in [0.15, 0.2) is 5.69 Å². The van der Waals surface area contributed by atoms with Gasteiger partial charge in [-0.3, -0.25) is 0 Å². The maximum Gasteiger partial charge on any atom is 0.435 e. The van der Waals surface area contributed by atoms with Crippen LogP contribution >= 0.6 is 0 Å². The lowest BCUT2D eigenvalue weighted by atomic mass is 10.1. The average Bonchev–Trinajstić information content (AvgIpc) is 2.93. The summed E-state index contributed by atoms with van der Waals surface area (Å²) in [5.74, 6) is -0.400. The minimum Gasteiger partial charge on any atom is -0.383 e. The molecule has 0 unspecified atom stereocenters. The summed E-state index contributed by atoms with van der Waals surface area (Å²) in [7, 11) is 0. The zero-order valence-corrected chi connectivity index (χ0v) is 12.9. The van der Waals surface area contributed by atoms with Crippen molar-refractivity contribution in [3.8, 4) is 16.8 Å². The molecule has 3 aromatic rings. The fourth-order valence-corrected chi connectivity index (χ4v) is 2.53. The molecule has 0 amide bonds. The van der Waals surface area contributed by atoms with Crippen molar-refractivity contribution in [2.24, 2.45) is 0 Å². The summed E-state index contributed by atoms with van der Waals surface area (Å²) in [4.78, 5) is 0. The highest BCUT2D eigenvalue weighted by Gasteiger charge is 2.39. The number of rotatable bonds is 2. The number of halogens is 6. The first-order valence-corrected chi connectivity index (χ1v) is 7.28. The molecule has 0 atom stereocenters. The topological polar surface area (TPSA) is 43.8 Å². The maximum atomic E-state index is 13.4. The molecule has 0 fully saturated rings. The summed E-state index contributed by atoms with van der Waals surface area (Å²) < 4.78 is 79.5. The van der Waals surface area contributed by atoms with Crippen molar-refractivity contribution in [1.82, 2.24) is 9.78 Å². The second-order valence-corrected chi connectivity index (χ2v) is 5.43. The van der Waals surface area contributed by atoms with Gasteiger partial charge >= 0.3 is 12.4 Å². The summed E-state index contributed by atoms with van der Waals surface area (Å²) in [5.41, 5.74) is 3.13. The molecule has 0 radical (unpaired) electrons. The first kappa shape index (κ1) is 17.8. The van der Waals surface area contributed by atoms with Crippen molar-refractivity contribution < 1.29 is 26.3 Å². The molecule has 3 rings (SSSR count). The number of hydrogen-bond donors (Lipinski definition) is 1. The monoisotopic (exact) mass is 371 g/mol. The third-order valence-electron chi connectivity index (χ3n) is 3.67. The minimum absolute atomic E-state index is 0.163. The molecule has 1 aromatic heterocycles. The second kappa shape index (κ2) is 6.08. The van der Waals surface area contributed by atoms with Gasteiger partial charge in [0.05, 0.1) is 16.8 Å². The lowest BCUT2D eigenvalue weighted by Crippen LogP contribution is -2.09. The number of nitrogen functional groups attached to an aromatic ring is 1. The van der Waals surface area contributed by atoms with Crippen LogP contribution in [-0.2, 0) is 12.4 Å². The largest absolute Gasteiger partial charge is 0.435 e. The first-order chi connectivity index (χ1) is 12.1. The highest BCUT2D eigenvalue weighted by atomic mass is 19.4. The van der Waals surface area contributed by atoms with E-state index >= 15 is 0 Å². The number of anilines is 1. The normalized spacial score (nSPS) is 12.4. The van der Waals surface area contributed by atoms with E-state index in [1.54, 1.807) is 6.07 Å². The van der Waals surface area contributed by atoms with Gasteiger partial charge in [-0.1, -0.05) is 36.4 Å². The number of hydrogen-bond acceptors (Lipinski definition) is 2. The van der Waals surface area contributed by atoms with Gasteiger partial charge in [-0.15, -0.1) is 0 Å². The van der Waals surface area contributed by atoms with Crippen LogP contribution in [0.2, 0.25) is 0 Å². The Bertz CT molecular complexity index is 926. The quantitative estimate of drug-likeness (QED) is 0.633. The smallest absolute Gasteiger partial charge is 0.383 e. The summed E-state index contributed by atoms with van der Waals surface area (Å²) in [6.45, 7) is 0. The number of nitrogens with two attached hydrogens (primary N) is 1. The standard InChI is InChI=1S/C17H11F6N3/c18-16(19,20)11-7-4-8-12(9-11)26-15(24)13(10-5-2-1-3-6-10)14(25-26)17(21,22)23/h1-9H,24H2. The van der Waals surface area contributed by atoms with Gasteiger partial charge in [-0.05, 0) is 23.8 Å². The number of alkyl halides is 6. The van der Waals surface area contributed by atoms with Crippen molar-refractivity contribution in [3.63, 3.8) is 0 Å². The molecule has 2 aromatic carbocycles. The van der Waals surface area contributed by atoms with Gasteiger partial charge in [0.1, 0.15) is 5.82 Å². The van der Waals surface area contributed by atoms with E-state index in [1.807, 2.05) is 0 Å². The highest BCUT2D eigenvalue weighted by Crippen LogP contribution is 2.41. The zero-order valence-electron chi connectivity index (χ0n) is 12.9. The van der Waals surface area contributed by atoms with Crippen molar-refractivity contribution in [3.05, 3.63) is 65.9 Å². The second-order valence-electron chi connectivity index (χ2n) is 5.43. The van der Waals surface area contributed by atoms with E-state index in [0.717, 1.165) is 12.1 Å². The molecule has 136 valence electrons.